The minimum atomic E-state index is -0.501. The minimum Gasteiger partial charge on any atom is -0.496 e. The van der Waals surface area contributed by atoms with Crippen LogP contribution in [0.3, 0.4) is 0 Å². The van der Waals surface area contributed by atoms with Gasteiger partial charge in [-0.2, -0.15) is 11.8 Å². The highest BCUT2D eigenvalue weighted by Gasteiger charge is 2.16. The number of nitrogens with zero attached hydrogens (tertiary/aromatic N) is 1. The summed E-state index contributed by atoms with van der Waals surface area (Å²) in [6.45, 7) is 5.91. The molecule has 5 nitrogen and oxygen atoms in total. The average Bonchev–Trinajstić information content (AvgIpc) is 2.63. The highest BCUT2D eigenvalue weighted by Crippen LogP contribution is 2.32. The zero-order valence-corrected chi connectivity index (χ0v) is 16.9. The Morgan fingerprint density at radius 3 is 2.35 bits per heavy atom. The number of anilines is 1. The summed E-state index contributed by atoms with van der Waals surface area (Å²) in [5, 5.41) is 0.300. The maximum absolute atomic E-state index is 12.2. The molecule has 3 aromatic rings. The van der Waals surface area contributed by atoms with E-state index in [1.54, 1.807) is 43.1 Å². The van der Waals surface area contributed by atoms with Gasteiger partial charge in [-0.05, 0) is 43.2 Å². The second-order valence-electron chi connectivity index (χ2n) is 5.11. The number of aryl methyl sites for hydroxylation is 1. The second kappa shape index (κ2) is 10.5. The monoisotopic (exact) mass is 374 g/mol. The summed E-state index contributed by atoms with van der Waals surface area (Å²) in [5.74, 6) is 0.835. The van der Waals surface area contributed by atoms with Crippen LogP contribution in [0.1, 0.15) is 19.4 Å². The van der Waals surface area contributed by atoms with Crippen LogP contribution < -0.4 is 16.1 Å². The number of rotatable bonds is 2. The summed E-state index contributed by atoms with van der Waals surface area (Å²) in [4.78, 5) is 16.6. The highest BCUT2D eigenvalue weighted by atomic mass is 32.2. The predicted octanol–water partition coefficient (Wildman–Crippen LogP) is 4.76. The van der Waals surface area contributed by atoms with Crippen LogP contribution in [-0.4, -0.2) is 24.6 Å². The van der Waals surface area contributed by atoms with E-state index in [1.165, 1.54) is 0 Å². The van der Waals surface area contributed by atoms with Gasteiger partial charge in [-0.3, -0.25) is 0 Å². The van der Waals surface area contributed by atoms with E-state index in [2.05, 4.69) is 4.98 Å². The van der Waals surface area contributed by atoms with Gasteiger partial charge in [-0.25, -0.2) is 9.78 Å². The predicted molar refractivity (Wildman–Crippen MR) is 112 cm³/mol. The fourth-order valence-corrected chi connectivity index (χ4v) is 2.34. The Bertz CT molecular complexity index is 907. The summed E-state index contributed by atoms with van der Waals surface area (Å²) < 4.78 is 10.7. The first-order valence-electron chi connectivity index (χ1n) is 8.27. The molecular formula is C20H26N2O3S. The molecule has 2 N–H and O–H groups in total. The third kappa shape index (κ3) is 4.79. The molecular weight excluding hydrogens is 348 g/mol. The standard InChI is InChI=1S/C16H14N2O3.C2H6S.C2H6/c1-9-5-3-8-12(20-2)13(9)15-18-11-7-4-6-10(17)14(11)16(19)21-15;1-3-2;1-2/h3-8H,17H2,1-2H3;1-2H3;1-2H3. The maximum Gasteiger partial charge on any atom is 0.349 e. The number of thioether (sulfide) groups is 1. The Labute approximate surface area is 158 Å². The summed E-state index contributed by atoms with van der Waals surface area (Å²) in [5.41, 5.74) is 7.75. The number of hydrogen-bond acceptors (Lipinski definition) is 6. The zero-order chi connectivity index (χ0) is 19.7. The van der Waals surface area contributed by atoms with E-state index >= 15 is 0 Å². The van der Waals surface area contributed by atoms with Crippen LogP contribution in [0.15, 0.2) is 45.6 Å². The van der Waals surface area contributed by atoms with E-state index in [4.69, 9.17) is 14.9 Å². The van der Waals surface area contributed by atoms with Gasteiger partial charge < -0.3 is 14.9 Å². The van der Waals surface area contributed by atoms with Crippen LogP contribution >= 0.6 is 11.8 Å². The first-order chi connectivity index (χ1) is 12.5. The van der Waals surface area contributed by atoms with Crippen LogP contribution in [0.5, 0.6) is 5.75 Å². The average molecular weight is 375 g/mol. The Morgan fingerprint density at radius 1 is 1.12 bits per heavy atom. The Balaban J connectivity index is 0.000000615. The van der Waals surface area contributed by atoms with Crippen LogP contribution in [0.2, 0.25) is 0 Å². The van der Waals surface area contributed by atoms with Crippen LogP contribution in [-0.2, 0) is 0 Å². The van der Waals surface area contributed by atoms with E-state index < -0.39 is 5.63 Å². The summed E-state index contributed by atoms with van der Waals surface area (Å²) in [7, 11) is 1.56. The van der Waals surface area contributed by atoms with Gasteiger partial charge in [0.05, 0.1) is 18.2 Å². The van der Waals surface area contributed by atoms with Crippen molar-refractivity contribution in [2.24, 2.45) is 0 Å². The molecule has 140 valence electrons. The van der Waals surface area contributed by atoms with Crippen molar-refractivity contribution in [1.29, 1.82) is 0 Å². The molecule has 0 spiro atoms. The van der Waals surface area contributed by atoms with Gasteiger partial charge in [-0.15, -0.1) is 0 Å². The first kappa shape index (κ1) is 21.6. The molecule has 0 atom stereocenters. The molecule has 1 aromatic heterocycles. The van der Waals surface area contributed by atoms with Gasteiger partial charge in [0.25, 0.3) is 0 Å². The highest BCUT2D eigenvalue weighted by molar-refractivity contribution is 7.97. The van der Waals surface area contributed by atoms with Crippen molar-refractivity contribution >= 4 is 28.4 Å². The van der Waals surface area contributed by atoms with Gasteiger partial charge in [0, 0.05) is 5.69 Å². The zero-order valence-electron chi connectivity index (χ0n) is 16.1. The number of benzene rings is 2. The largest absolute Gasteiger partial charge is 0.496 e. The van der Waals surface area contributed by atoms with Crippen molar-refractivity contribution in [3.63, 3.8) is 0 Å². The molecule has 0 aliphatic rings. The van der Waals surface area contributed by atoms with Gasteiger partial charge >= 0.3 is 5.63 Å². The minimum absolute atomic E-state index is 0.230. The molecule has 26 heavy (non-hydrogen) atoms. The van der Waals surface area contributed by atoms with Crippen LogP contribution in [0.4, 0.5) is 5.69 Å². The molecule has 2 aromatic carbocycles. The summed E-state index contributed by atoms with van der Waals surface area (Å²) in [6, 6.07) is 10.7. The SMILES string of the molecule is CC.COc1cccc(C)c1-c1nc2cccc(N)c2c(=O)o1.CSC. The van der Waals surface area contributed by atoms with Crippen molar-refractivity contribution in [2.75, 3.05) is 25.4 Å². The van der Waals surface area contributed by atoms with E-state index in [9.17, 15) is 4.79 Å². The molecule has 0 saturated heterocycles. The van der Waals surface area contributed by atoms with E-state index in [-0.39, 0.29) is 5.89 Å². The van der Waals surface area contributed by atoms with Gasteiger partial charge in [-0.1, -0.05) is 32.0 Å². The lowest BCUT2D eigenvalue weighted by molar-refractivity contribution is 0.412. The lowest BCUT2D eigenvalue weighted by atomic mass is 10.1. The van der Waals surface area contributed by atoms with Crippen molar-refractivity contribution in [3.8, 4) is 17.2 Å². The Kier molecular flexibility index (Phi) is 8.72. The smallest absolute Gasteiger partial charge is 0.349 e. The van der Waals surface area contributed by atoms with E-state index in [0.29, 0.717) is 27.9 Å². The molecule has 3 rings (SSSR count). The normalized spacial score (nSPS) is 9.62. The molecule has 0 aliphatic heterocycles. The van der Waals surface area contributed by atoms with Crippen molar-refractivity contribution in [2.45, 2.75) is 20.8 Å². The van der Waals surface area contributed by atoms with Crippen molar-refractivity contribution in [3.05, 3.63) is 52.4 Å². The number of methoxy groups -OCH3 is 1. The lowest BCUT2D eigenvalue weighted by Gasteiger charge is -2.10. The van der Waals surface area contributed by atoms with Crippen molar-refractivity contribution < 1.29 is 9.15 Å². The molecule has 0 unspecified atom stereocenters. The molecule has 0 bridgehead atoms. The molecule has 0 amide bonds. The number of aromatic nitrogens is 1. The van der Waals surface area contributed by atoms with Crippen LogP contribution in [0.25, 0.3) is 22.4 Å². The fraction of sp³-hybridized carbons (Fsp3) is 0.300. The number of hydrogen-bond donors (Lipinski definition) is 1. The number of fused-ring (bicyclic) bond motifs is 1. The van der Waals surface area contributed by atoms with Gasteiger partial charge in [0.1, 0.15) is 11.1 Å². The second-order valence-corrected chi connectivity index (χ2v) is 5.92. The first-order valence-corrected chi connectivity index (χ1v) is 9.90. The molecule has 1 heterocycles. The number of nitrogens with two attached hydrogens (primary N) is 1. The number of nitrogen functional groups attached to an aromatic ring is 1. The third-order valence-corrected chi connectivity index (χ3v) is 3.36. The Hall–Kier alpha value is -2.47. The maximum atomic E-state index is 12.2. The fourth-order valence-electron chi connectivity index (χ4n) is 2.34. The van der Waals surface area contributed by atoms with Gasteiger partial charge in [0.2, 0.25) is 5.89 Å². The third-order valence-electron chi connectivity index (χ3n) is 3.36. The topological polar surface area (TPSA) is 78.4 Å². The van der Waals surface area contributed by atoms with E-state index in [1.807, 2.05) is 45.4 Å². The van der Waals surface area contributed by atoms with Gasteiger partial charge in [0.15, 0.2) is 0 Å². The molecule has 0 radical (unpaired) electrons. The lowest BCUT2D eigenvalue weighted by Crippen LogP contribution is -2.06. The van der Waals surface area contributed by atoms with Crippen LogP contribution in [0, 0.1) is 6.92 Å². The molecule has 0 saturated carbocycles. The molecule has 0 aliphatic carbocycles. The quantitative estimate of drug-likeness (QED) is 0.652. The number of ether oxygens (including phenoxy) is 1. The Morgan fingerprint density at radius 2 is 1.73 bits per heavy atom. The molecule has 6 heteroatoms. The van der Waals surface area contributed by atoms with Crippen molar-refractivity contribution in [1.82, 2.24) is 4.98 Å². The molecule has 0 fully saturated rings. The summed E-state index contributed by atoms with van der Waals surface area (Å²) >= 11 is 1.75. The van der Waals surface area contributed by atoms with E-state index in [0.717, 1.165) is 5.56 Å². The summed E-state index contributed by atoms with van der Waals surface area (Å²) in [6.07, 6.45) is 4.08.